The highest BCUT2D eigenvalue weighted by Crippen LogP contribution is 2.26. The smallest absolute Gasteiger partial charge is 0.258 e. The van der Waals surface area contributed by atoms with E-state index in [1.54, 1.807) is 0 Å². The molecule has 3 rings (SSSR count). The molecule has 0 heterocycles. The van der Waals surface area contributed by atoms with Gasteiger partial charge in [0.2, 0.25) is 0 Å². The lowest BCUT2D eigenvalue weighted by Gasteiger charge is -2.12. The molecule has 1 N–H and O–H groups in total. The first-order valence-corrected chi connectivity index (χ1v) is 9.60. The van der Waals surface area contributed by atoms with Gasteiger partial charge in [0, 0.05) is 9.86 Å². The number of carbonyl (C=O) groups excluding carboxylic acids is 1. The Bertz CT molecular complexity index is 927. The van der Waals surface area contributed by atoms with E-state index in [4.69, 9.17) is 9.47 Å². The van der Waals surface area contributed by atoms with E-state index in [-0.39, 0.29) is 12.5 Å². The maximum Gasteiger partial charge on any atom is 0.258 e. The summed E-state index contributed by atoms with van der Waals surface area (Å²) >= 11 is 3.52. The number of hydrogen-bond donors (Lipinski definition) is 1. The molecule has 0 fully saturated rings. The van der Waals surface area contributed by atoms with Crippen LogP contribution in [0, 0.1) is 13.8 Å². The first-order chi connectivity index (χ1) is 13.0. The highest BCUT2D eigenvalue weighted by molar-refractivity contribution is 9.10. The number of benzene rings is 3. The molecule has 4 nitrogen and oxygen atoms in total. The van der Waals surface area contributed by atoms with Crippen LogP contribution in [0.2, 0.25) is 0 Å². The van der Waals surface area contributed by atoms with Gasteiger partial charge in [-0.05, 0) is 48.6 Å². The molecule has 1 amide bonds. The third-order valence-corrected chi connectivity index (χ3v) is 5.46. The molecule has 0 radical (unpaired) electrons. The van der Waals surface area contributed by atoms with Gasteiger partial charge in [-0.1, -0.05) is 52.3 Å². The van der Waals surface area contributed by atoms with Gasteiger partial charge in [0.05, 0.1) is 6.54 Å². The van der Waals surface area contributed by atoms with Crippen molar-refractivity contribution in [1.82, 2.24) is 5.32 Å². The van der Waals surface area contributed by atoms with Gasteiger partial charge >= 0.3 is 0 Å². The van der Waals surface area contributed by atoms with E-state index in [9.17, 15) is 4.79 Å². The van der Waals surface area contributed by atoms with E-state index in [1.807, 2.05) is 68.4 Å². The topological polar surface area (TPSA) is 47.6 Å². The van der Waals surface area contributed by atoms with Crippen LogP contribution in [0.25, 0.3) is 10.8 Å². The van der Waals surface area contributed by atoms with Crippen molar-refractivity contribution in [3.8, 4) is 11.5 Å². The van der Waals surface area contributed by atoms with Crippen molar-refractivity contribution in [2.45, 2.75) is 13.8 Å². The largest absolute Gasteiger partial charge is 0.491 e. The van der Waals surface area contributed by atoms with Gasteiger partial charge < -0.3 is 14.8 Å². The molecule has 0 aromatic heterocycles. The van der Waals surface area contributed by atoms with E-state index in [0.717, 1.165) is 32.1 Å². The molecule has 3 aromatic carbocycles. The summed E-state index contributed by atoms with van der Waals surface area (Å²) in [6.07, 6.45) is 0. The number of fused-ring (bicyclic) bond motifs is 1. The summed E-state index contributed by atoms with van der Waals surface area (Å²) in [6, 6.07) is 17.8. The second-order valence-electron chi connectivity index (χ2n) is 6.34. The minimum Gasteiger partial charge on any atom is -0.491 e. The van der Waals surface area contributed by atoms with Crippen LogP contribution in [-0.4, -0.2) is 25.7 Å². The third kappa shape index (κ3) is 5.01. The quantitative estimate of drug-likeness (QED) is 0.551. The second-order valence-corrected chi connectivity index (χ2v) is 7.13. The summed E-state index contributed by atoms with van der Waals surface area (Å²) in [6.45, 7) is 4.79. The van der Waals surface area contributed by atoms with Gasteiger partial charge in [-0.15, -0.1) is 0 Å². The summed E-state index contributed by atoms with van der Waals surface area (Å²) < 4.78 is 12.5. The fourth-order valence-corrected chi connectivity index (χ4v) is 3.09. The Balaban J connectivity index is 1.44. The number of amides is 1. The minimum absolute atomic E-state index is 0.0191. The Morgan fingerprint density at radius 1 is 1.00 bits per heavy atom. The van der Waals surface area contributed by atoms with Crippen LogP contribution in [-0.2, 0) is 4.79 Å². The lowest BCUT2D eigenvalue weighted by molar-refractivity contribution is -0.123. The second kappa shape index (κ2) is 8.91. The van der Waals surface area contributed by atoms with Crippen molar-refractivity contribution >= 4 is 32.6 Å². The summed E-state index contributed by atoms with van der Waals surface area (Å²) in [5.74, 6) is 1.34. The number of nitrogens with one attached hydrogen (secondary N) is 1. The SMILES string of the molecule is Cc1cc(OCC(=O)NCCOc2cccc3ccccc23)cc(C)c1Br. The third-order valence-electron chi connectivity index (χ3n) is 4.21. The van der Waals surface area contributed by atoms with Crippen molar-refractivity contribution < 1.29 is 14.3 Å². The Kier molecular flexibility index (Phi) is 6.35. The van der Waals surface area contributed by atoms with Crippen LogP contribution >= 0.6 is 15.9 Å². The van der Waals surface area contributed by atoms with Crippen molar-refractivity contribution in [2.75, 3.05) is 19.8 Å². The van der Waals surface area contributed by atoms with Crippen LogP contribution in [0.1, 0.15) is 11.1 Å². The predicted molar refractivity (Wildman–Crippen MR) is 112 cm³/mol. The molecule has 0 bridgehead atoms. The van der Waals surface area contributed by atoms with E-state index in [1.165, 1.54) is 0 Å². The molecule has 0 saturated heterocycles. The molecule has 27 heavy (non-hydrogen) atoms. The highest BCUT2D eigenvalue weighted by Gasteiger charge is 2.07. The van der Waals surface area contributed by atoms with E-state index >= 15 is 0 Å². The first-order valence-electron chi connectivity index (χ1n) is 8.81. The molecule has 5 heteroatoms. The van der Waals surface area contributed by atoms with Gasteiger partial charge in [0.1, 0.15) is 18.1 Å². The van der Waals surface area contributed by atoms with Crippen LogP contribution in [0.5, 0.6) is 11.5 Å². The van der Waals surface area contributed by atoms with Crippen molar-refractivity contribution in [1.29, 1.82) is 0 Å². The van der Waals surface area contributed by atoms with E-state index in [2.05, 4.69) is 21.2 Å². The average Bonchev–Trinajstić information content (AvgIpc) is 2.67. The van der Waals surface area contributed by atoms with Crippen LogP contribution in [0.3, 0.4) is 0 Å². The van der Waals surface area contributed by atoms with Crippen LogP contribution in [0.15, 0.2) is 59.1 Å². The van der Waals surface area contributed by atoms with Gasteiger partial charge in [-0.3, -0.25) is 4.79 Å². The zero-order chi connectivity index (χ0) is 19.2. The zero-order valence-electron chi connectivity index (χ0n) is 15.4. The highest BCUT2D eigenvalue weighted by atomic mass is 79.9. The maximum absolute atomic E-state index is 12.0. The summed E-state index contributed by atoms with van der Waals surface area (Å²) in [7, 11) is 0. The number of aryl methyl sites for hydroxylation is 2. The molecule has 3 aromatic rings. The molecule has 0 spiro atoms. The Morgan fingerprint density at radius 3 is 2.48 bits per heavy atom. The molecular formula is C22H22BrNO3. The Labute approximate surface area is 167 Å². The monoisotopic (exact) mass is 427 g/mol. The fraction of sp³-hybridized carbons (Fsp3) is 0.227. The molecule has 0 saturated carbocycles. The van der Waals surface area contributed by atoms with Crippen molar-refractivity contribution in [3.05, 3.63) is 70.2 Å². The maximum atomic E-state index is 12.0. The molecule has 0 aliphatic heterocycles. The number of rotatable bonds is 7. The molecule has 0 atom stereocenters. The predicted octanol–water partition coefficient (Wildman–Crippen LogP) is 4.79. The van der Waals surface area contributed by atoms with Crippen LogP contribution in [0.4, 0.5) is 0 Å². The minimum atomic E-state index is -0.172. The number of ether oxygens (including phenoxy) is 2. The van der Waals surface area contributed by atoms with Crippen molar-refractivity contribution in [2.24, 2.45) is 0 Å². The standard InChI is InChI=1S/C22H22BrNO3/c1-15-12-18(13-16(2)22(15)23)27-14-21(25)24-10-11-26-20-9-5-7-17-6-3-4-8-19(17)20/h3-9,12-13H,10-11,14H2,1-2H3,(H,24,25). The van der Waals surface area contributed by atoms with Gasteiger partial charge in [0.15, 0.2) is 6.61 Å². The average molecular weight is 428 g/mol. The Hall–Kier alpha value is -2.53. The molecule has 0 aliphatic rings. The number of hydrogen-bond acceptors (Lipinski definition) is 3. The number of halogens is 1. The number of carbonyl (C=O) groups is 1. The zero-order valence-corrected chi connectivity index (χ0v) is 17.0. The van der Waals surface area contributed by atoms with Gasteiger partial charge in [-0.2, -0.15) is 0 Å². The van der Waals surface area contributed by atoms with Crippen LogP contribution < -0.4 is 14.8 Å². The fourth-order valence-electron chi connectivity index (χ4n) is 2.86. The van der Waals surface area contributed by atoms with Gasteiger partial charge in [0.25, 0.3) is 5.91 Å². The molecule has 0 unspecified atom stereocenters. The Morgan fingerprint density at radius 2 is 1.70 bits per heavy atom. The lowest BCUT2D eigenvalue weighted by Crippen LogP contribution is -2.32. The molecule has 140 valence electrons. The first kappa shape index (κ1) is 19.2. The van der Waals surface area contributed by atoms with Gasteiger partial charge in [-0.25, -0.2) is 0 Å². The van der Waals surface area contributed by atoms with E-state index in [0.29, 0.717) is 18.9 Å². The van der Waals surface area contributed by atoms with Crippen molar-refractivity contribution in [3.63, 3.8) is 0 Å². The lowest BCUT2D eigenvalue weighted by atomic mass is 10.1. The summed E-state index contributed by atoms with van der Waals surface area (Å²) in [5, 5.41) is 5.01. The summed E-state index contributed by atoms with van der Waals surface area (Å²) in [5.41, 5.74) is 2.16. The molecular weight excluding hydrogens is 406 g/mol. The summed E-state index contributed by atoms with van der Waals surface area (Å²) in [4.78, 5) is 12.0. The van der Waals surface area contributed by atoms with E-state index < -0.39 is 0 Å². The normalized spacial score (nSPS) is 10.6. The molecule has 0 aliphatic carbocycles.